The lowest BCUT2D eigenvalue weighted by molar-refractivity contribution is 0.310. The number of nitrogens with one attached hydrogen (secondary N) is 1. The van der Waals surface area contributed by atoms with Gasteiger partial charge in [-0.15, -0.1) is 0 Å². The number of likely N-dealkylation sites (tertiary alicyclic amines) is 1. The van der Waals surface area contributed by atoms with Gasteiger partial charge in [0.25, 0.3) is 0 Å². The minimum atomic E-state index is 0.541. The second kappa shape index (κ2) is 6.40. The van der Waals surface area contributed by atoms with Crippen molar-refractivity contribution in [1.29, 1.82) is 0 Å². The third-order valence-corrected chi connectivity index (χ3v) is 3.47. The van der Waals surface area contributed by atoms with E-state index in [2.05, 4.69) is 34.4 Å². The molecule has 1 aromatic rings. The van der Waals surface area contributed by atoms with Gasteiger partial charge in [0.2, 0.25) is 0 Å². The summed E-state index contributed by atoms with van der Waals surface area (Å²) >= 11 is 0. The predicted molar refractivity (Wildman–Crippen MR) is 75.4 cm³/mol. The summed E-state index contributed by atoms with van der Waals surface area (Å²) in [6.07, 6.45) is 2.53. The molecule has 1 heterocycles. The first-order valence-corrected chi connectivity index (χ1v) is 6.53. The SMILES string of the molecule is CN1CCCC1CNC(N)=NCc1ccccc1. The molecular formula is C14H22N4. The second-order valence-electron chi connectivity index (χ2n) is 4.84. The molecule has 1 unspecified atom stereocenters. The van der Waals surface area contributed by atoms with Gasteiger partial charge in [0, 0.05) is 12.6 Å². The number of rotatable bonds is 4. The van der Waals surface area contributed by atoms with Crippen LogP contribution in [0.3, 0.4) is 0 Å². The number of nitrogens with two attached hydrogens (primary N) is 1. The van der Waals surface area contributed by atoms with Crippen molar-refractivity contribution in [2.24, 2.45) is 10.7 Å². The van der Waals surface area contributed by atoms with Gasteiger partial charge < -0.3 is 16.0 Å². The standard InChI is InChI=1S/C14H22N4/c1-18-9-5-8-13(18)11-17-14(15)16-10-12-6-3-2-4-7-12/h2-4,6-7,13H,5,8-11H2,1H3,(H3,15,16,17). The largest absolute Gasteiger partial charge is 0.370 e. The molecule has 4 heteroatoms. The van der Waals surface area contributed by atoms with E-state index < -0.39 is 0 Å². The lowest BCUT2D eigenvalue weighted by Gasteiger charge is -2.19. The Morgan fingerprint density at radius 1 is 1.44 bits per heavy atom. The Hall–Kier alpha value is -1.55. The molecule has 0 radical (unpaired) electrons. The third-order valence-electron chi connectivity index (χ3n) is 3.47. The average Bonchev–Trinajstić information content (AvgIpc) is 2.81. The van der Waals surface area contributed by atoms with E-state index >= 15 is 0 Å². The van der Waals surface area contributed by atoms with E-state index in [0.29, 0.717) is 18.5 Å². The first-order chi connectivity index (χ1) is 8.75. The monoisotopic (exact) mass is 246 g/mol. The average molecular weight is 246 g/mol. The number of aliphatic imine (C=N–C) groups is 1. The van der Waals surface area contributed by atoms with Crippen molar-refractivity contribution in [3.8, 4) is 0 Å². The second-order valence-corrected chi connectivity index (χ2v) is 4.84. The van der Waals surface area contributed by atoms with Crippen LogP contribution in [0.15, 0.2) is 35.3 Å². The van der Waals surface area contributed by atoms with Gasteiger partial charge in [0.1, 0.15) is 0 Å². The summed E-state index contributed by atoms with van der Waals surface area (Å²) in [6.45, 7) is 2.72. The smallest absolute Gasteiger partial charge is 0.188 e. The van der Waals surface area contributed by atoms with Gasteiger partial charge in [-0.2, -0.15) is 0 Å². The van der Waals surface area contributed by atoms with Crippen LogP contribution in [-0.4, -0.2) is 37.0 Å². The highest BCUT2D eigenvalue weighted by atomic mass is 15.2. The molecule has 2 rings (SSSR count). The van der Waals surface area contributed by atoms with Crippen molar-refractivity contribution < 1.29 is 0 Å². The van der Waals surface area contributed by atoms with E-state index in [1.165, 1.54) is 24.9 Å². The zero-order valence-corrected chi connectivity index (χ0v) is 11.0. The quantitative estimate of drug-likeness (QED) is 0.620. The molecule has 1 aliphatic heterocycles. The fraction of sp³-hybridized carbons (Fsp3) is 0.500. The van der Waals surface area contributed by atoms with Gasteiger partial charge in [-0.25, -0.2) is 4.99 Å². The summed E-state index contributed by atoms with van der Waals surface area (Å²) in [7, 11) is 2.16. The van der Waals surface area contributed by atoms with Crippen LogP contribution in [0.5, 0.6) is 0 Å². The first kappa shape index (κ1) is 12.9. The zero-order valence-electron chi connectivity index (χ0n) is 11.0. The van der Waals surface area contributed by atoms with Crippen molar-refractivity contribution in [3.05, 3.63) is 35.9 Å². The molecule has 0 bridgehead atoms. The summed E-state index contributed by atoms with van der Waals surface area (Å²) in [6, 6.07) is 10.7. The van der Waals surface area contributed by atoms with Gasteiger partial charge in [0.15, 0.2) is 5.96 Å². The van der Waals surface area contributed by atoms with Crippen LogP contribution in [0.2, 0.25) is 0 Å². The minimum Gasteiger partial charge on any atom is -0.370 e. The fourth-order valence-corrected chi connectivity index (χ4v) is 2.28. The van der Waals surface area contributed by atoms with Crippen molar-refractivity contribution >= 4 is 5.96 Å². The van der Waals surface area contributed by atoms with Gasteiger partial charge in [-0.3, -0.25) is 0 Å². The van der Waals surface area contributed by atoms with E-state index in [0.717, 1.165) is 6.54 Å². The molecule has 0 aromatic heterocycles. The van der Waals surface area contributed by atoms with Crippen molar-refractivity contribution in [1.82, 2.24) is 10.2 Å². The van der Waals surface area contributed by atoms with E-state index in [-0.39, 0.29) is 0 Å². The van der Waals surface area contributed by atoms with Crippen LogP contribution in [0.4, 0.5) is 0 Å². The molecule has 3 N–H and O–H groups in total. The van der Waals surface area contributed by atoms with Crippen LogP contribution in [0.1, 0.15) is 18.4 Å². The Balaban J connectivity index is 1.75. The summed E-state index contributed by atoms with van der Waals surface area (Å²) < 4.78 is 0. The van der Waals surface area contributed by atoms with Crippen LogP contribution in [0.25, 0.3) is 0 Å². The Bertz CT molecular complexity index is 388. The highest BCUT2D eigenvalue weighted by molar-refractivity contribution is 5.77. The first-order valence-electron chi connectivity index (χ1n) is 6.53. The lowest BCUT2D eigenvalue weighted by Crippen LogP contribution is -2.41. The zero-order chi connectivity index (χ0) is 12.8. The fourth-order valence-electron chi connectivity index (χ4n) is 2.28. The number of guanidine groups is 1. The normalized spacial score (nSPS) is 21.2. The Kier molecular flexibility index (Phi) is 4.59. The summed E-state index contributed by atoms with van der Waals surface area (Å²) in [5.74, 6) is 0.541. The Morgan fingerprint density at radius 2 is 2.22 bits per heavy atom. The van der Waals surface area contributed by atoms with Crippen LogP contribution >= 0.6 is 0 Å². The molecule has 4 nitrogen and oxygen atoms in total. The maximum Gasteiger partial charge on any atom is 0.188 e. The molecule has 1 aromatic carbocycles. The molecule has 1 aliphatic rings. The predicted octanol–water partition coefficient (Wildman–Crippen LogP) is 1.19. The molecule has 0 amide bonds. The van der Waals surface area contributed by atoms with Crippen molar-refractivity contribution in [2.45, 2.75) is 25.4 Å². The minimum absolute atomic E-state index is 0.541. The van der Waals surface area contributed by atoms with Gasteiger partial charge in [-0.1, -0.05) is 30.3 Å². The number of hydrogen-bond donors (Lipinski definition) is 2. The number of benzene rings is 1. The molecule has 1 fully saturated rings. The van der Waals surface area contributed by atoms with Crippen LogP contribution in [0, 0.1) is 0 Å². The molecule has 98 valence electrons. The summed E-state index contributed by atoms with van der Waals surface area (Å²) in [5, 5.41) is 3.21. The van der Waals surface area contributed by atoms with E-state index in [9.17, 15) is 0 Å². The van der Waals surface area contributed by atoms with Crippen molar-refractivity contribution in [2.75, 3.05) is 20.1 Å². The van der Waals surface area contributed by atoms with Crippen LogP contribution in [-0.2, 0) is 6.54 Å². The molecule has 18 heavy (non-hydrogen) atoms. The van der Waals surface area contributed by atoms with Gasteiger partial charge in [0.05, 0.1) is 6.54 Å². The number of likely N-dealkylation sites (N-methyl/N-ethyl adjacent to an activating group) is 1. The van der Waals surface area contributed by atoms with E-state index in [1.807, 2.05) is 18.2 Å². The van der Waals surface area contributed by atoms with E-state index in [4.69, 9.17) is 5.73 Å². The van der Waals surface area contributed by atoms with Crippen molar-refractivity contribution in [3.63, 3.8) is 0 Å². The molecule has 0 spiro atoms. The number of hydrogen-bond acceptors (Lipinski definition) is 2. The van der Waals surface area contributed by atoms with Crippen LogP contribution < -0.4 is 11.1 Å². The summed E-state index contributed by atoms with van der Waals surface area (Å²) in [4.78, 5) is 6.72. The van der Waals surface area contributed by atoms with Gasteiger partial charge >= 0.3 is 0 Å². The Morgan fingerprint density at radius 3 is 2.89 bits per heavy atom. The maximum atomic E-state index is 5.87. The molecule has 1 saturated heterocycles. The molecular weight excluding hydrogens is 224 g/mol. The third kappa shape index (κ3) is 3.74. The summed E-state index contributed by atoms with van der Waals surface area (Å²) in [5.41, 5.74) is 7.05. The Labute approximate surface area is 109 Å². The lowest BCUT2D eigenvalue weighted by atomic mass is 10.2. The van der Waals surface area contributed by atoms with Gasteiger partial charge in [-0.05, 0) is 32.0 Å². The molecule has 0 saturated carbocycles. The van der Waals surface area contributed by atoms with E-state index in [1.54, 1.807) is 0 Å². The topological polar surface area (TPSA) is 53.6 Å². The molecule has 1 atom stereocenters. The maximum absolute atomic E-state index is 5.87. The highest BCUT2D eigenvalue weighted by Crippen LogP contribution is 2.13. The number of nitrogens with zero attached hydrogens (tertiary/aromatic N) is 2. The molecule has 0 aliphatic carbocycles. The highest BCUT2D eigenvalue weighted by Gasteiger charge is 2.20.